The number of nitrogens with one attached hydrogen (secondary N) is 2. The van der Waals surface area contributed by atoms with Crippen LogP contribution in [-0.2, 0) is 19.6 Å². The van der Waals surface area contributed by atoms with Crippen LogP contribution in [0.5, 0.6) is 0 Å². The standard InChI is InChI=1S/C24H31N5O5S/c1-3-35(32,33)27-24(25-19-9-10-21-18(15-19)14-17(2)34-21)26-20-8-4-5-13-29(23(20)31)16-22(30)28-11-6-7-12-28/h3,9-10,14-15,20H,1,4-8,11-13,16H2,2H3,(H2,25,26,27)/t20-/m0/s1. The molecule has 2 amide bonds. The summed E-state index contributed by atoms with van der Waals surface area (Å²) in [6, 6.07) is 6.36. The van der Waals surface area contributed by atoms with Crippen LogP contribution in [-0.4, -0.2) is 68.2 Å². The Morgan fingerprint density at radius 1 is 1.20 bits per heavy atom. The van der Waals surface area contributed by atoms with E-state index in [1.165, 1.54) is 0 Å². The molecule has 2 aromatic rings. The average molecular weight is 502 g/mol. The van der Waals surface area contributed by atoms with Gasteiger partial charge in [0.25, 0.3) is 10.0 Å². The Kier molecular flexibility index (Phi) is 7.44. The van der Waals surface area contributed by atoms with Crippen LogP contribution in [0.25, 0.3) is 11.0 Å². The van der Waals surface area contributed by atoms with E-state index in [0.717, 1.165) is 55.3 Å². The van der Waals surface area contributed by atoms with Gasteiger partial charge in [-0.15, -0.1) is 0 Å². The second-order valence-electron chi connectivity index (χ2n) is 8.89. The summed E-state index contributed by atoms with van der Waals surface area (Å²) >= 11 is 0. The lowest BCUT2D eigenvalue weighted by molar-refractivity contribution is -0.140. The SMILES string of the molecule is C=CS(=O)(=O)NC(=N[C@H]1CCCCN(CC(=O)N2CCCC2)C1=O)Nc1ccc2oc(C)cc2c1. The maximum Gasteiger partial charge on any atom is 0.256 e. The van der Waals surface area contributed by atoms with Crippen molar-refractivity contribution in [3.05, 3.63) is 42.0 Å². The van der Waals surface area contributed by atoms with E-state index >= 15 is 0 Å². The number of furan rings is 1. The van der Waals surface area contributed by atoms with Gasteiger partial charge in [0.05, 0.1) is 6.54 Å². The second kappa shape index (κ2) is 10.5. The van der Waals surface area contributed by atoms with Gasteiger partial charge in [-0.05, 0) is 63.3 Å². The molecule has 0 bridgehead atoms. The van der Waals surface area contributed by atoms with E-state index in [1.807, 2.05) is 13.0 Å². The van der Waals surface area contributed by atoms with E-state index in [2.05, 4.69) is 21.6 Å². The zero-order valence-electron chi connectivity index (χ0n) is 19.8. The lowest BCUT2D eigenvalue weighted by Gasteiger charge is -2.25. The van der Waals surface area contributed by atoms with Crippen molar-refractivity contribution in [1.29, 1.82) is 0 Å². The normalized spacial score (nSPS) is 19.6. The quantitative estimate of drug-likeness (QED) is 0.463. The molecule has 1 aromatic heterocycles. The molecule has 35 heavy (non-hydrogen) atoms. The molecule has 2 aliphatic heterocycles. The van der Waals surface area contributed by atoms with Gasteiger partial charge < -0.3 is 19.5 Å². The van der Waals surface area contributed by atoms with E-state index in [-0.39, 0.29) is 24.3 Å². The zero-order chi connectivity index (χ0) is 25.0. The molecule has 0 unspecified atom stereocenters. The first-order valence-electron chi connectivity index (χ1n) is 11.8. The number of amides is 2. The number of hydrogen-bond acceptors (Lipinski definition) is 6. The van der Waals surface area contributed by atoms with Gasteiger partial charge in [-0.2, -0.15) is 0 Å². The molecule has 2 N–H and O–H groups in total. The van der Waals surface area contributed by atoms with Gasteiger partial charge in [-0.1, -0.05) is 6.58 Å². The minimum absolute atomic E-state index is 0.0164. The highest BCUT2D eigenvalue weighted by atomic mass is 32.2. The summed E-state index contributed by atoms with van der Waals surface area (Å²) in [5, 5.41) is 4.61. The number of anilines is 1. The van der Waals surface area contributed by atoms with Gasteiger partial charge in [0.2, 0.25) is 17.8 Å². The van der Waals surface area contributed by atoms with E-state index in [1.54, 1.807) is 28.0 Å². The highest BCUT2D eigenvalue weighted by Gasteiger charge is 2.30. The lowest BCUT2D eigenvalue weighted by Crippen LogP contribution is -2.45. The molecular weight excluding hydrogens is 470 g/mol. The van der Waals surface area contributed by atoms with E-state index in [9.17, 15) is 18.0 Å². The molecule has 188 valence electrons. The van der Waals surface area contributed by atoms with Gasteiger partial charge in [0.1, 0.15) is 17.4 Å². The molecule has 3 heterocycles. The van der Waals surface area contributed by atoms with Crippen molar-refractivity contribution in [1.82, 2.24) is 14.5 Å². The fraction of sp³-hybridized carbons (Fsp3) is 0.458. The molecule has 11 heteroatoms. The summed E-state index contributed by atoms with van der Waals surface area (Å²) in [6.45, 7) is 7.11. The number of hydrogen-bond donors (Lipinski definition) is 2. The Bertz CT molecular complexity index is 1250. The first-order chi connectivity index (χ1) is 16.7. The van der Waals surface area contributed by atoms with Crippen LogP contribution < -0.4 is 10.0 Å². The van der Waals surface area contributed by atoms with Crippen molar-refractivity contribution in [3.63, 3.8) is 0 Å². The zero-order valence-corrected chi connectivity index (χ0v) is 20.6. The number of carbonyl (C=O) groups is 2. The largest absolute Gasteiger partial charge is 0.461 e. The van der Waals surface area contributed by atoms with Crippen molar-refractivity contribution in [3.8, 4) is 0 Å². The van der Waals surface area contributed by atoms with Gasteiger partial charge >= 0.3 is 0 Å². The van der Waals surface area contributed by atoms with Gasteiger partial charge in [0, 0.05) is 36.1 Å². The van der Waals surface area contributed by atoms with Gasteiger partial charge in [-0.3, -0.25) is 9.59 Å². The fourth-order valence-electron chi connectivity index (χ4n) is 4.40. The van der Waals surface area contributed by atoms with Crippen molar-refractivity contribution in [2.24, 2.45) is 4.99 Å². The number of carbonyl (C=O) groups excluding carboxylic acids is 2. The molecule has 2 fully saturated rings. The smallest absolute Gasteiger partial charge is 0.256 e. The number of guanidine groups is 1. The Morgan fingerprint density at radius 2 is 1.94 bits per heavy atom. The van der Waals surface area contributed by atoms with Crippen LogP contribution >= 0.6 is 0 Å². The Morgan fingerprint density at radius 3 is 2.69 bits per heavy atom. The number of aryl methyl sites for hydroxylation is 1. The molecule has 4 rings (SSSR count). The maximum atomic E-state index is 13.3. The van der Waals surface area contributed by atoms with Crippen LogP contribution in [0.2, 0.25) is 0 Å². The topological polar surface area (TPSA) is 124 Å². The van der Waals surface area contributed by atoms with Crippen LogP contribution in [0.4, 0.5) is 5.69 Å². The van der Waals surface area contributed by atoms with Crippen molar-refractivity contribution in [2.45, 2.75) is 45.1 Å². The molecule has 1 aromatic carbocycles. The maximum absolute atomic E-state index is 13.3. The third-order valence-corrected chi connectivity index (χ3v) is 7.10. The molecule has 2 saturated heterocycles. The highest BCUT2D eigenvalue weighted by molar-refractivity contribution is 7.92. The summed E-state index contributed by atoms with van der Waals surface area (Å²) in [5.74, 6) is 0.324. The first-order valence-corrected chi connectivity index (χ1v) is 13.4. The van der Waals surface area contributed by atoms with E-state index in [4.69, 9.17) is 4.42 Å². The van der Waals surface area contributed by atoms with Crippen LogP contribution in [0.3, 0.4) is 0 Å². The molecule has 0 spiro atoms. The van der Waals surface area contributed by atoms with Gasteiger partial charge in [-0.25, -0.2) is 18.1 Å². The summed E-state index contributed by atoms with van der Waals surface area (Å²) in [5.41, 5.74) is 1.28. The minimum Gasteiger partial charge on any atom is -0.461 e. The number of sulfonamides is 1. The molecular formula is C24H31N5O5S. The van der Waals surface area contributed by atoms with Crippen molar-refractivity contribution < 1.29 is 22.4 Å². The van der Waals surface area contributed by atoms with Crippen LogP contribution in [0.1, 0.15) is 37.9 Å². The minimum atomic E-state index is -3.88. The Hall–Kier alpha value is -3.34. The third kappa shape index (κ3) is 6.21. The monoisotopic (exact) mass is 501 g/mol. The first kappa shape index (κ1) is 24.8. The summed E-state index contributed by atoms with van der Waals surface area (Å²) in [6.07, 6.45) is 3.90. The molecule has 0 saturated carbocycles. The van der Waals surface area contributed by atoms with Crippen molar-refractivity contribution >= 4 is 44.5 Å². The van der Waals surface area contributed by atoms with E-state index < -0.39 is 16.1 Å². The molecule has 0 radical (unpaired) electrons. The lowest BCUT2D eigenvalue weighted by atomic mass is 10.1. The highest BCUT2D eigenvalue weighted by Crippen LogP contribution is 2.23. The third-order valence-electron chi connectivity index (χ3n) is 6.18. The van der Waals surface area contributed by atoms with Gasteiger partial charge in [0.15, 0.2) is 0 Å². The molecule has 1 atom stereocenters. The molecule has 2 aliphatic rings. The molecule has 0 aliphatic carbocycles. The second-order valence-corrected chi connectivity index (χ2v) is 10.5. The average Bonchev–Trinajstić information content (AvgIpc) is 3.45. The predicted molar refractivity (Wildman–Crippen MR) is 134 cm³/mol. The van der Waals surface area contributed by atoms with Crippen LogP contribution in [0, 0.1) is 6.92 Å². The summed E-state index contributed by atoms with van der Waals surface area (Å²) in [7, 11) is -3.88. The van der Waals surface area contributed by atoms with Crippen LogP contribution in [0.15, 0.2) is 45.7 Å². The van der Waals surface area contributed by atoms with Crippen molar-refractivity contribution in [2.75, 3.05) is 31.5 Å². The Balaban J connectivity index is 1.57. The molecule has 10 nitrogen and oxygen atoms in total. The number of fused-ring (bicyclic) bond motifs is 1. The number of aliphatic imine (C=N–C) groups is 1. The number of rotatable bonds is 6. The number of nitrogens with zero attached hydrogens (tertiary/aromatic N) is 3. The number of likely N-dealkylation sites (tertiary alicyclic amines) is 2. The fourth-order valence-corrected chi connectivity index (χ4v) is 4.85. The predicted octanol–water partition coefficient (Wildman–Crippen LogP) is 2.58. The number of benzene rings is 1. The van der Waals surface area contributed by atoms with E-state index in [0.29, 0.717) is 24.2 Å². The summed E-state index contributed by atoms with van der Waals surface area (Å²) in [4.78, 5) is 33.8. The summed E-state index contributed by atoms with van der Waals surface area (Å²) < 4.78 is 32.5. The Labute approximate surface area is 205 Å².